The fourth-order valence-corrected chi connectivity index (χ4v) is 3.17. The molecule has 2 rings (SSSR count). The molecule has 5 heteroatoms. The van der Waals surface area contributed by atoms with E-state index in [-0.39, 0.29) is 11.9 Å². The highest BCUT2D eigenvalue weighted by Crippen LogP contribution is 2.20. The number of amides is 1. The van der Waals surface area contributed by atoms with E-state index in [1.165, 1.54) is 0 Å². The van der Waals surface area contributed by atoms with Crippen LogP contribution in [0.3, 0.4) is 0 Å². The summed E-state index contributed by atoms with van der Waals surface area (Å²) in [6.45, 7) is 3.23. The van der Waals surface area contributed by atoms with Gasteiger partial charge in [0.2, 0.25) is 5.91 Å². The normalized spacial score (nSPS) is 25.4. The Morgan fingerprint density at radius 3 is 2.56 bits per heavy atom. The molecule has 0 aromatic carbocycles. The standard InChI is InChI=1S/C11H20N2O2S/c12-10(9-1-5-15-6-2-9)11(14)13-3-7-16-8-4-13/h9-10H,1-8,12H2. The molecule has 0 spiro atoms. The molecule has 2 aliphatic rings. The summed E-state index contributed by atoms with van der Waals surface area (Å²) in [5, 5.41) is 0. The average molecular weight is 244 g/mol. The van der Waals surface area contributed by atoms with Crippen LogP contribution in [-0.2, 0) is 9.53 Å². The number of nitrogens with two attached hydrogens (primary N) is 1. The SMILES string of the molecule is NC(C(=O)N1CCSCC1)C1CCOCC1. The molecule has 0 bridgehead atoms. The maximum absolute atomic E-state index is 12.1. The molecule has 0 aromatic heterocycles. The first-order valence-electron chi connectivity index (χ1n) is 5.99. The van der Waals surface area contributed by atoms with Gasteiger partial charge < -0.3 is 15.4 Å². The van der Waals surface area contributed by atoms with E-state index in [2.05, 4.69) is 0 Å². The summed E-state index contributed by atoms with van der Waals surface area (Å²) in [5.74, 6) is 2.56. The molecule has 2 aliphatic heterocycles. The molecule has 0 saturated carbocycles. The lowest BCUT2D eigenvalue weighted by Crippen LogP contribution is -2.51. The molecular formula is C11H20N2O2S. The van der Waals surface area contributed by atoms with E-state index in [0.717, 1.165) is 50.7 Å². The van der Waals surface area contributed by atoms with Crippen molar-refractivity contribution in [2.75, 3.05) is 37.8 Å². The highest BCUT2D eigenvalue weighted by molar-refractivity contribution is 7.99. The van der Waals surface area contributed by atoms with Crippen LogP contribution in [0.15, 0.2) is 0 Å². The van der Waals surface area contributed by atoms with Crippen LogP contribution >= 0.6 is 11.8 Å². The minimum Gasteiger partial charge on any atom is -0.381 e. The third-order valence-corrected chi connectivity index (χ3v) is 4.32. The van der Waals surface area contributed by atoms with Crippen molar-refractivity contribution in [2.24, 2.45) is 11.7 Å². The smallest absolute Gasteiger partial charge is 0.239 e. The molecule has 2 fully saturated rings. The van der Waals surface area contributed by atoms with Gasteiger partial charge in [0.25, 0.3) is 0 Å². The first-order valence-corrected chi connectivity index (χ1v) is 7.14. The predicted molar refractivity (Wildman–Crippen MR) is 65.4 cm³/mol. The van der Waals surface area contributed by atoms with E-state index < -0.39 is 0 Å². The van der Waals surface area contributed by atoms with Crippen molar-refractivity contribution in [2.45, 2.75) is 18.9 Å². The lowest BCUT2D eigenvalue weighted by atomic mass is 9.91. The van der Waals surface area contributed by atoms with Gasteiger partial charge in [-0.05, 0) is 18.8 Å². The Labute approximate surface area is 101 Å². The zero-order valence-corrected chi connectivity index (χ0v) is 10.4. The van der Waals surface area contributed by atoms with Gasteiger partial charge in [-0.15, -0.1) is 0 Å². The van der Waals surface area contributed by atoms with Crippen LogP contribution < -0.4 is 5.73 Å². The first-order chi connectivity index (χ1) is 7.79. The molecule has 1 unspecified atom stereocenters. The summed E-state index contributed by atoms with van der Waals surface area (Å²) in [6, 6.07) is -0.313. The lowest BCUT2D eigenvalue weighted by molar-refractivity contribution is -0.134. The Hall–Kier alpha value is -0.260. The Morgan fingerprint density at radius 1 is 1.31 bits per heavy atom. The van der Waals surface area contributed by atoms with Gasteiger partial charge in [0, 0.05) is 37.8 Å². The van der Waals surface area contributed by atoms with Crippen molar-refractivity contribution >= 4 is 17.7 Å². The third kappa shape index (κ3) is 2.90. The Kier molecular flexibility index (Phi) is 4.49. The number of carbonyl (C=O) groups excluding carboxylic acids is 1. The average Bonchev–Trinajstić information content (AvgIpc) is 2.39. The molecule has 16 heavy (non-hydrogen) atoms. The summed E-state index contributed by atoms with van der Waals surface area (Å²) in [7, 11) is 0. The third-order valence-electron chi connectivity index (χ3n) is 3.38. The van der Waals surface area contributed by atoms with Crippen LogP contribution in [0.25, 0.3) is 0 Å². The van der Waals surface area contributed by atoms with E-state index in [0.29, 0.717) is 5.92 Å². The Morgan fingerprint density at radius 2 is 1.94 bits per heavy atom. The van der Waals surface area contributed by atoms with E-state index in [9.17, 15) is 4.79 Å². The number of hydrogen-bond donors (Lipinski definition) is 1. The van der Waals surface area contributed by atoms with Crippen LogP contribution in [0.2, 0.25) is 0 Å². The molecule has 92 valence electrons. The maximum atomic E-state index is 12.1. The Balaban J connectivity index is 1.86. The van der Waals surface area contributed by atoms with Gasteiger partial charge in [0.05, 0.1) is 6.04 Å². The van der Waals surface area contributed by atoms with Crippen molar-refractivity contribution in [1.29, 1.82) is 0 Å². The molecule has 1 amide bonds. The van der Waals surface area contributed by atoms with Crippen LogP contribution in [-0.4, -0.2) is 54.7 Å². The quantitative estimate of drug-likeness (QED) is 0.760. The second-order valence-electron chi connectivity index (χ2n) is 4.41. The largest absolute Gasteiger partial charge is 0.381 e. The Bertz CT molecular complexity index is 238. The van der Waals surface area contributed by atoms with Gasteiger partial charge in [0.1, 0.15) is 0 Å². The van der Waals surface area contributed by atoms with Crippen molar-refractivity contribution in [3.63, 3.8) is 0 Å². The minimum atomic E-state index is -0.313. The number of ether oxygens (including phenoxy) is 1. The number of thioether (sulfide) groups is 1. The summed E-state index contributed by atoms with van der Waals surface area (Å²) in [5.41, 5.74) is 6.07. The van der Waals surface area contributed by atoms with Crippen molar-refractivity contribution in [3.05, 3.63) is 0 Å². The van der Waals surface area contributed by atoms with Crippen LogP contribution in [0.1, 0.15) is 12.8 Å². The summed E-state index contributed by atoms with van der Waals surface area (Å²) in [4.78, 5) is 14.1. The van der Waals surface area contributed by atoms with Gasteiger partial charge in [0.15, 0.2) is 0 Å². The fraction of sp³-hybridized carbons (Fsp3) is 0.909. The first kappa shape index (κ1) is 12.2. The van der Waals surface area contributed by atoms with Crippen LogP contribution in [0, 0.1) is 5.92 Å². The van der Waals surface area contributed by atoms with Crippen molar-refractivity contribution in [1.82, 2.24) is 4.90 Å². The molecule has 2 N–H and O–H groups in total. The monoisotopic (exact) mass is 244 g/mol. The number of nitrogens with zero attached hydrogens (tertiary/aromatic N) is 1. The van der Waals surface area contributed by atoms with Gasteiger partial charge in [-0.3, -0.25) is 4.79 Å². The number of rotatable bonds is 2. The van der Waals surface area contributed by atoms with E-state index >= 15 is 0 Å². The minimum absolute atomic E-state index is 0.146. The summed E-state index contributed by atoms with van der Waals surface area (Å²) >= 11 is 1.91. The highest BCUT2D eigenvalue weighted by atomic mass is 32.2. The van der Waals surface area contributed by atoms with Gasteiger partial charge in [-0.25, -0.2) is 0 Å². The molecule has 0 aromatic rings. The fourth-order valence-electron chi connectivity index (χ4n) is 2.27. The molecule has 0 aliphatic carbocycles. The topological polar surface area (TPSA) is 55.6 Å². The highest BCUT2D eigenvalue weighted by Gasteiger charge is 2.30. The maximum Gasteiger partial charge on any atom is 0.239 e. The number of carbonyl (C=O) groups is 1. The molecule has 0 radical (unpaired) electrons. The van der Waals surface area contributed by atoms with Crippen LogP contribution in [0.5, 0.6) is 0 Å². The molecule has 4 nitrogen and oxygen atoms in total. The van der Waals surface area contributed by atoms with Crippen molar-refractivity contribution < 1.29 is 9.53 Å². The second-order valence-corrected chi connectivity index (χ2v) is 5.64. The van der Waals surface area contributed by atoms with Gasteiger partial charge in [-0.1, -0.05) is 0 Å². The molecule has 1 atom stereocenters. The number of hydrogen-bond acceptors (Lipinski definition) is 4. The molecule has 2 heterocycles. The molecule has 2 saturated heterocycles. The zero-order chi connectivity index (χ0) is 11.4. The summed E-state index contributed by atoms with van der Waals surface area (Å²) in [6.07, 6.45) is 1.85. The van der Waals surface area contributed by atoms with E-state index in [4.69, 9.17) is 10.5 Å². The second kappa shape index (κ2) is 5.89. The van der Waals surface area contributed by atoms with Crippen molar-refractivity contribution in [3.8, 4) is 0 Å². The lowest BCUT2D eigenvalue weighted by Gasteiger charge is -2.33. The van der Waals surface area contributed by atoms with Gasteiger partial charge >= 0.3 is 0 Å². The van der Waals surface area contributed by atoms with Crippen LogP contribution in [0.4, 0.5) is 0 Å². The van der Waals surface area contributed by atoms with E-state index in [1.54, 1.807) is 0 Å². The predicted octanol–water partition coefficient (Wildman–Crippen LogP) is 0.316. The van der Waals surface area contributed by atoms with E-state index in [1.807, 2.05) is 16.7 Å². The zero-order valence-electron chi connectivity index (χ0n) is 9.56. The summed E-state index contributed by atoms with van der Waals surface area (Å²) < 4.78 is 5.29. The molecular weight excluding hydrogens is 224 g/mol. The van der Waals surface area contributed by atoms with Gasteiger partial charge in [-0.2, -0.15) is 11.8 Å².